The van der Waals surface area contributed by atoms with E-state index in [4.69, 9.17) is 13.3 Å². The first-order valence-electron chi connectivity index (χ1n) is 6.46. The molecule has 0 N–H and O–H groups in total. The SMILES string of the molecule is CO[Si](OC)(OC)C1(c2ccccn2)CC=CCC1. The molecule has 1 unspecified atom stereocenters. The molecule has 0 spiro atoms. The van der Waals surface area contributed by atoms with Crippen molar-refractivity contribution in [3.05, 3.63) is 42.2 Å². The fraction of sp³-hybridized carbons (Fsp3) is 0.500. The van der Waals surface area contributed by atoms with Gasteiger partial charge in [0.2, 0.25) is 0 Å². The van der Waals surface area contributed by atoms with E-state index in [2.05, 4.69) is 17.1 Å². The van der Waals surface area contributed by atoms with Gasteiger partial charge in [0.15, 0.2) is 0 Å². The zero-order valence-electron chi connectivity index (χ0n) is 11.8. The minimum Gasteiger partial charge on any atom is -0.376 e. The van der Waals surface area contributed by atoms with Gasteiger partial charge in [-0.3, -0.25) is 4.98 Å². The Bertz CT molecular complexity index is 425. The molecule has 0 amide bonds. The van der Waals surface area contributed by atoms with Crippen molar-refractivity contribution in [3.63, 3.8) is 0 Å². The van der Waals surface area contributed by atoms with Crippen molar-refractivity contribution in [1.29, 1.82) is 0 Å². The molecule has 2 rings (SSSR count). The summed E-state index contributed by atoms with van der Waals surface area (Å²) < 4.78 is 17.3. The lowest BCUT2D eigenvalue weighted by molar-refractivity contribution is 0.0854. The Labute approximate surface area is 115 Å². The van der Waals surface area contributed by atoms with E-state index >= 15 is 0 Å². The van der Waals surface area contributed by atoms with Gasteiger partial charge in [0.1, 0.15) is 0 Å². The quantitative estimate of drug-likeness (QED) is 0.613. The molecular formula is C14H21NO3Si. The molecule has 5 heteroatoms. The maximum atomic E-state index is 5.75. The number of hydrogen-bond donors (Lipinski definition) is 0. The fourth-order valence-electron chi connectivity index (χ4n) is 2.98. The van der Waals surface area contributed by atoms with Gasteiger partial charge in [0.05, 0.1) is 10.7 Å². The van der Waals surface area contributed by atoms with Crippen LogP contribution < -0.4 is 0 Å². The van der Waals surface area contributed by atoms with Gasteiger partial charge in [-0.2, -0.15) is 0 Å². The molecule has 0 saturated carbocycles. The zero-order valence-corrected chi connectivity index (χ0v) is 12.8. The Morgan fingerprint density at radius 3 is 2.32 bits per heavy atom. The molecule has 19 heavy (non-hydrogen) atoms. The minimum absolute atomic E-state index is 0.290. The molecule has 0 aliphatic heterocycles. The fourth-order valence-corrected chi connectivity index (χ4v) is 5.94. The summed E-state index contributed by atoms with van der Waals surface area (Å²) in [7, 11) is 2.19. The Hall–Kier alpha value is -1.01. The Balaban J connectivity index is 2.55. The Morgan fingerprint density at radius 1 is 1.11 bits per heavy atom. The number of allylic oxidation sites excluding steroid dienone is 2. The second-order valence-corrected chi connectivity index (χ2v) is 7.97. The monoisotopic (exact) mass is 279 g/mol. The summed E-state index contributed by atoms with van der Waals surface area (Å²) in [4.78, 5) is 4.55. The average molecular weight is 279 g/mol. The van der Waals surface area contributed by atoms with Crippen molar-refractivity contribution in [1.82, 2.24) is 4.98 Å². The first kappa shape index (κ1) is 14.4. The van der Waals surface area contributed by atoms with Crippen LogP contribution in [-0.4, -0.2) is 35.1 Å². The lowest BCUT2D eigenvalue weighted by Gasteiger charge is -2.44. The molecule has 0 aromatic carbocycles. The summed E-state index contributed by atoms with van der Waals surface area (Å²) in [5.41, 5.74) is 0.997. The number of aromatic nitrogens is 1. The minimum atomic E-state index is -2.82. The van der Waals surface area contributed by atoms with Crippen molar-refractivity contribution in [2.24, 2.45) is 0 Å². The highest BCUT2D eigenvalue weighted by atomic mass is 28.4. The van der Waals surface area contributed by atoms with Gasteiger partial charge in [-0.15, -0.1) is 0 Å². The second-order valence-electron chi connectivity index (χ2n) is 4.68. The maximum absolute atomic E-state index is 5.75. The number of rotatable bonds is 5. The van der Waals surface area contributed by atoms with Crippen LogP contribution in [0.2, 0.25) is 0 Å². The van der Waals surface area contributed by atoms with Crippen LogP contribution in [0.3, 0.4) is 0 Å². The first-order chi connectivity index (χ1) is 9.24. The summed E-state index contributed by atoms with van der Waals surface area (Å²) in [5, 5.41) is -0.290. The topological polar surface area (TPSA) is 40.6 Å². The highest BCUT2D eigenvalue weighted by Crippen LogP contribution is 2.44. The Morgan fingerprint density at radius 2 is 1.84 bits per heavy atom. The molecule has 1 aromatic heterocycles. The third-order valence-electron chi connectivity index (χ3n) is 3.92. The van der Waals surface area contributed by atoms with Gasteiger partial charge in [-0.05, 0) is 31.4 Å². The van der Waals surface area contributed by atoms with Gasteiger partial charge < -0.3 is 13.3 Å². The van der Waals surface area contributed by atoms with Crippen LogP contribution in [0.5, 0.6) is 0 Å². The lowest BCUT2D eigenvalue weighted by atomic mass is 9.89. The predicted molar refractivity (Wildman–Crippen MR) is 75.7 cm³/mol. The van der Waals surface area contributed by atoms with Crippen LogP contribution in [-0.2, 0) is 18.3 Å². The van der Waals surface area contributed by atoms with Gasteiger partial charge >= 0.3 is 8.80 Å². The van der Waals surface area contributed by atoms with E-state index in [1.807, 2.05) is 24.4 Å². The number of hydrogen-bond acceptors (Lipinski definition) is 4. The van der Waals surface area contributed by atoms with Crippen LogP contribution in [0.15, 0.2) is 36.5 Å². The smallest absolute Gasteiger partial charge is 0.376 e. The Kier molecular flexibility index (Phi) is 4.52. The summed E-state index contributed by atoms with van der Waals surface area (Å²) in [6, 6.07) is 5.96. The molecule has 4 nitrogen and oxygen atoms in total. The van der Waals surface area contributed by atoms with Crippen LogP contribution in [0, 0.1) is 0 Å². The number of nitrogens with zero attached hydrogens (tertiary/aromatic N) is 1. The molecular weight excluding hydrogens is 258 g/mol. The van der Waals surface area contributed by atoms with E-state index in [0.29, 0.717) is 0 Å². The normalized spacial score (nSPS) is 23.5. The van der Waals surface area contributed by atoms with Crippen LogP contribution in [0.25, 0.3) is 0 Å². The summed E-state index contributed by atoms with van der Waals surface area (Å²) >= 11 is 0. The maximum Gasteiger partial charge on any atom is 0.513 e. The third kappa shape index (κ3) is 2.27. The van der Waals surface area contributed by atoms with E-state index < -0.39 is 8.80 Å². The van der Waals surface area contributed by atoms with Crippen molar-refractivity contribution < 1.29 is 13.3 Å². The van der Waals surface area contributed by atoms with Gasteiger partial charge in [-0.1, -0.05) is 18.2 Å². The van der Waals surface area contributed by atoms with Crippen molar-refractivity contribution in [2.75, 3.05) is 21.3 Å². The van der Waals surface area contributed by atoms with E-state index in [0.717, 1.165) is 25.0 Å². The largest absolute Gasteiger partial charge is 0.513 e. The molecule has 1 aromatic rings. The van der Waals surface area contributed by atoms with Crippen molar-refractivity contribution >= 4 is 8.80 Å². The van der Waals surface area contributed by atoms with E-state index in [1.54, 1.807) is 21.3 Å². The van der Waals surface area contributed by atoms with Gasteiger partial charge in [-0.25, -0.2) is 0 Å². The van der Waals surface area contributed by atoms with Crippen LogP contribution in [0.4, 0.5) is 0 Å². The predicted octanol–water partition coefficient (Wildman–Crippen LogP) is 2.48. The first-order valence-corrected chi connectivity index (χ1v) is 8.19. The number of pyridine rings is 1. The van der Waals surface area contributed by atoms with E-state index in [9.17, 15) is 0 Å². The highest BCUT2D eigenvalue weighted by molar-refractivity contribution is 6.64. The molecule has 0 fully saturated rings. The standard InChI is InChI=1S/C14H21NO3Si/c1-16-19(17-2,18-3)14(10-6-4-7-11-14)13-9-5-8-12-15-13/h4-6,8-9,12H,7,10-11H2,1-3H3. The van der Waals surface area contributed by atoms with Crippen molar-refractivity contribution in [2.45, 2.75) is 24.3 Å². The average Bonchev–Trinajstić information content (AvgIpc) is 2.51. The van der Waals surface area contributed by atoms with Crippen LogP contribution in [0.1, 0.15) is 25.0 Å². The van der Waals surface area contributed by atoms with Crippen LogP contribution >= 0.6 is 0 Å². The molecule has 104 valence electrons. The molecule has 1 atom stereocenters. The second kappa shape index (κ2) is 5.96. The molecule has 1 aliphatic rings. The molecule has 1 heterocycles. The zero-order chi connectivity index (χ0) is 13.8. The van der Waals surface area contributed by atoms with Gasteiger partial charge in [0, 0.05) is 27.5 Å². The third-order valence-corrected chi connectivity index (χ3v) is 7.41. The van der Waals surface area contributed by atoms with E-state index in [-0.39, 0.29) is 5.04 Å². The summed E-state index contributed by atoms with van der Waals surface area (Å²) in [6.07, 6.45) is 8.95. The van der Waals surface area contributed by atoms with E-state index in [1.165, 1.54) is 0 Å². The summed E-state index contributed by atoms with van der Waals surface area (Å²) in [5.74, 6) is 0. The summed E-state index contributed by atoms with van der Waals surface area (Å²) in [6.45, 7) is 0. The lowest BCUT2D eigenvalue weighted by Crippen LogP contribution is -2.62. The molecule has 0 saturated heterocycles. The molecule has 0 radical (unpaired) electrons. The van der Waals surface area contributed by atoms with Crippen molar-refractivity contribution in [3.8, 4) is 0 Å². The van der Waals surface area contributed by atoms with Gasteiger partial charge in [0.25, 0.3) is 0 Å². The molecule has 1 aliphatic carbocycles. The highest BCUT2D eigenvalue weighted by Gasteiger charge is 2.61. The molecule has 0 bridgehead atoms.